The summed E-state index contributed by atoms with van der Waals surface area (Å²) in [6.45, 7) is 4.59. The monoisotopic (exact) mass is 525 g/mol. The van der Waals surface area contributed by atoms with Crippen molar-refractivity contribution >= 4 is 16.1 Å². The number of cyclic esters (lactones) is 1. The van der Waals surface area contributed by atoms with Gasteiger partial charge in [0.05, 0.1) is 12.3 Å². The lowest BCUT2D eigenvalue weighted by Crippen LogP contribution is -2.49. The molecule has 1 fully saturated rings. The maximum Gasteiger partial charge on any atom is 0.411 e. The summed E-state index contributed by atoms with van der Waals surface area (Å²) >= 11 is 0. The highest BCUT2D eigenvalue weighted by Crippen LogP contribution is 2.40. The van der Waals surface area contributed by atoms with Crippen LogP contribution in [0.1, 0.15) is 49.0 Å². The Morgan fingerprint density at radius 2 is 1.81 bits per heavy atom. The molecule has 1 aliphatic heterocycles. The molecular formula is C28H32FN3O4S. The zero-order valence-electron chi connectivity index (χ0n) is 21.3. The first-order valence-electron chi connectivity index (χ1n) is 12.3. The number of aryl methyl sites for hydroxylation is 1. The number of sulfonamides is 1. The van der Waals surface area contributed by atoms with Gasteiger partial charge in [-0.15, -0.1) is 0 Å². The second kappa shape index (κ2) is 11.0. The summed E-state index contributed by atoms with van der Waals surface area (Å²) in [7, 11) is -3.32. The van der Waals surface area contributed by atoms with Crippen molar-refractivity contribution in [2.75, 3.05) is 19.3 Å². The van der Waals surface area contributed by atoms with Gasteiger partial charge in [0.25, 0.3) is 0 Å². The van der Waals surface area contributed by atoms with Crippen LogP contribution in [-0.2, 0) is 20.4 Å². The molecule has 7 nitrogen and oxygen atoms in total. The van der Waals surface area contributed by atoms with Gasteiger partial charge in [0.1, 0.15) is 11.4 Å². The van der Waals surface area contributed by atoms with E-state index in [1.807, 2.05) is 50.2 Å². The van der Waals surface area contributed by atoms with Gasteiger partial charge in [-0.05, 0) is 73.2 Å². The number of nitrogens with one attached hydrogen (secondary N) is 1. The highest BCUT2D eigenvalue weighted by molar-refractivity contribution is 7.88. The molecule has 37 heavy (non-hydrogen) atoms. The molecule has 9 heteroatoms. The molecule has 196 valence electrons. The van der Waals surface area contributed by atoms with E-state index in [2.05, 4.69) is 9.71 Å². The number of hydrogen-bond donors (Lipinski definition) is 1. The second-order valence-electron chi connectivity index (χ2n) is 9.57. The van der Waals surface area contributed by atoms with Crippen molar-refractivity contribution in [1.82, 2.24) is 14.6 Å². The molecule has 1 aromatic heterocycles. The van der Waals surface area contributed by atoms with E-state index < -0.39 is 21.7 Å². The first-order chi connectivity index (χ1) is 17.6. The molecule has 1 aliphatic rings. The average Bonchev–Trinajstić information content (AvgIpc) is 2.86. The van der Waals surface area contributed by atoms with Crippen molar-refractivity contribution < 1.29 is 22.3 Å². The molecular weight excluding hydrogens is 493 g/mol. The Morgan fingerprint density at radius 3 is 2.43 bits per heavy atom. The van der Waals surface area contributed by atoms with E-state index in [1.165, 1.54) is 12.1 Å². The van der Waals surface area contributed by atoms with Crippen molar-refractivity contribution in [3.63, 3.8) is 0 Å². The molecule has 0 aliphatic carbocycles. The lowest BCUT2D eigenvalue weighted by atomic mass is 9.84. The zero-order valence-corrected chi connectivity index (χ0v) is 22.1. The molecule has 2 aromatic carbocycles. The van der Waals surface area contributed by atoms with Crippen LogP contribution < -0.4 is 4.72 Å². The highest BCUT2D eigenvalue weighted by Gasteiger charge is 2.43. The van der Waals surface area contributed by atoms with Gasteiger partial charge in [-0.1, -0.05) is 36.4 Å². The summed E-state index contributed by atoms with van der Waals surface area (Å²) < 4.78 is 45.0. The molecule has 2 heterocycles. The highest BCUT2D eigenvalue weighted by atomic mass is 32.2. The van der Waals surface area contributed by atoms with Crippen LogP contribution in [0.4, 0.5) is 9.18 Å². The first-order valence-corrected chi connectivity index (χ1v) is 14.2. The third-order valence-corrected chi connectivity index (χ3v) is 7.58. The Morgan fingerprint density at radius 1 is 1.11 bits per heavy atom. The van der Waals surface area contributed by atoms with Gasteiger partial charge in [-0.2, -0.15) is 0 Å². The SMILES string of the molecule is Cc1cc(-c2ccc([C@H](C)N3CC[C@@](CCCNS(C)(=O)=O)(c4ccc(F)cc4)OC3=O)cc2)ccn1. The number of pyridine rings is 1. The van der Waals surface area contributed by atoms with E-state index in [1.54, 1.807) is 23.2 Å². The lowest BCUT2D eigenvalue weighted by Gasteiger charge is -2.43. The topological polar surface area (TPSA) is 88.6 Å². The van der Waals surface area contributed by atoms with Gasteiger partial charge in [-0.25, -0.2) is 22.3 Å². The molecule has 0 bridgehead atoms. The Labute approximate surface area is 217 Å². The number of ether oxygens (including phenoxy) is 1. The normalized spacial score (nSPS) is 18.9. The average molecular weight is 526 g/mol. The summed E-state index contributed by atoms with van der Waals surface area (Å²) in [5.41, 5.74) is 3.83. The number of nitrogens with zero attached hydrogens (tertiary/aromatic N) is 2. The molecule has 2 atom stereocenters. The molecule has 0 radical (unpaired) electrons. The Bertz CT molecular complexity index is 1350. The Hall–Kier alpha value is -3.30. The van der Waals surface area contributed by atoms with E-state index in [4.69, 9.17) is 4.74 Å². The largest absolute Gasteiger partial charge is 0.438 e. The van der Waals surface area contributed by atoms with Crippen molar-refractivity contribution in [3.05, 3.63) is 89.5 Å². The Kier molecular flexibility index (Phi) is 7.94. The molecule has 0 saturated carbocycles. The summed E-state index contributed by atoms with van der Waals surface area (Å²) in [5, 5.41) is 0. The summed E-state index contributed by atoms with van der Waals surface area (Å²) in [6, 6.07) is 17.8. The maximum atomic E-state index is 13.6. The van der Waals surface area contributed by atoms with Crippen LogP contribution in [0.5, 0.6) is 0 Å². The van der Waals surface area contributed by atoms with Crippen LogP contribution in [0.2, 0.25) is 0 Å². The van der Waals surface area contributed by atoms with E-state index in [0.717, 1.165) is 28.6 Å². The lowest BCUT2D eigenvalue weighted by molar-refractivity contribution is -0.0662. The molecule has 4 rings (SSSR count). The molecule has 1 saturated heterocycles. The molecule has 1 amide bonds. The van der Waals surface area contributed by atoms with Crippen LogP contribution >= 0.6 is 0 Å². The van der Waals surface area contributed by atoms with Gasteiger partial charge in [0.15, 0.2) is 0 Å². The van der Waals surface area contributed by atoms with Crippen molar-refractivity contribution in [2.45, 2.75) is 44.8 Å². The minimum atomic E-state index is -3.32. The van der Waals surface area contributed by atoms with E-state index in [-0.39, 0.29) is 18.4 Å². The van der Waals surface area contributed by atoms with Crippen LogP contribution in [-0.4, -0.2) is 43.7 Å². The minimum absolute atomic E-state index is 0.209. The minimum Gasteiger partial charge on any atom is -0.438 e. The van der Waals surface area contributed by atoms with Crippen molar-refractivity contribution in [3.8, 4) is 11.1 Å². The standard InChI is InChI=1S/C28H32FN3O4S/c1-20-19-24(13-17-30-20)23-7-5-22(6-8-23)21(2)32-18-15-28(36-27(32)33,14-4-16-31-37(3,34)35)25-9-11-26(29)12-10-25/h5-13,17,19,21,31H,4,14-16,18H2,1-3H3/t21-,28-/m0/s1. The van der Waals surface area contributed by atoms with Crippen LogP contribution in [0.25, 0.3) is 11.1 Å². The molecule has 3 aromatic rings. The van der Waals surface area contributed by atoms with Crippen LogP contribution in [0.3, 0.4) is 0 Å². The number of rotatable bonds is 9. The summed E-state index contributed by atoms with van der Waals surface area (Å²) in [4.78, 5) is 19.2. The van der Waals surface area contributed by atoms with Gasteiger partial charge < -0.3 is 9.64 Å². The summed E-state index contributed by atoms with van der Waals surface area (Å²) in [5.74, 6) is -0.375. The number of amides is 1. The van der Waals surface area contributed by atoms with Crippen LogP contribution in [0, 0.1) is 12.7 Å². The Balaban J connectivity index is 1.49. The quantitative estimate of drug-likeness (QED) is 0.382. The fraction of sp³-hybridized carbons (Fsp3) is 0.357. The fourth-order valence-electron chi connectivity index (χ4n) is 4.79. The smallest absolute Gasteiger partial charge is 0.411 e. The number of hydrogen-bond acceptors (Lipinski definition) is 5. The third kappa shape index (κ3) is 6.53. The predicted molar refractivity (Wildman–Crippen MR) is 141 cm³/mol. The third-order valence-electron chi connectivity index (χ3n) is 6.86. The van der Waals surface area contributed by atoms with Gasteiger partial charge >= 0.3 is 6.09 Å². The number of aromatic nitrogens is 1. The predicted octanol–water partition coefficient (Wildman–Crippen LogP) is 5.32. The molecule has 0 spiro atoms. The molecule has 1 N–H and O–H groups in total. The number of carbonyl (C=O) groups excluding carboxylic acids is 1. The van der Waals surface area contributed by atoms with Gasteiger partial charge in [-0.3, -0.25) is 4.98 Å². The van der Waals surface area contributed by atoms with Gasteiger partial charge in [0, 0.05) is 31.4 Å². The summed E-state index contributed by atoms with van der Waals surface area (Å²) in [6.07, 6.45) is 3.82. The second-order valence-corrected chi connectivity index (χ2v) is 11.4. The zero-order chi connectivity index (χ0) is 26.6. The first kappa shape index (κ1) is 26.8. The number of carbonyl (C=O) groups is 1. The van der Waals surface area contributed by atoms with Gasteiger partial charge in [0.2, 0.25) is 10.0 Å². The number of benzene rings is 2. The van der Waals surface area contributed by atoms with Crippen molar-refractivity contribution in [1.29, 1.82) is 0 Å². The fourth-order valence-corrected chi connectivity index (χ4v) is 5.30. The van der Waals surface area contributed by atoms with Crippen molar-refractivity contribution in [2.24, 2.45) is 0 Å². The van der Waals surface area contributed by atoms with E-state index in [0.29, 0.717) is 31.4 Å². The molecule has 0 unspecified atom stereocenters. The van der Waals surface area contributed by atoms with Crippen LogP contribution in [0.15, 0.2) is 66.9 Å². The van der Waals surface area contributed by atoms with E-state index >= 15 is 0 Å². The maximum absolute atomic E-state index is 13.6. The number of halogens is 1. The van der Waals surface area contributed by atoms with E-state index in [9.17, 15) is 17.6 Å².